The van der Waals surface area contributed by atoms with E-state index in [1.54, 1.807) is 24.3 Å². The summed E-state index contributed by atoms with van der Waals surface area (Å²) in [5.41, 5.74) is 4.60. The van der Waals surface area contributed by atoms with Crippen LogP contribution in [0.2, 0.25) is 0 Å². The quantitative estimate of drug-likeness (QED) is 0.526. The number of phenols is 2. The van der Waals surface area contributed by atoms with Crippen LogP contribution < -0.4 is 0 Å². The molecule has 0 amide bonds. The van der Waals surface area contributed by atoms with Crippen LogP contribution in [0.15, 0.2) is 72.8 Å². The smallest absolute Gasteiger partial charge is 0.115 e. The summed E-state index contributed by atoms with van der Waals surface area (Å²) in [6.07, 6.45) is 2.19. The van der Waals surface area contributed by atoms with Gasteiger partial charge in [-0.3, -0.25) is 0 Å². The predicted molar refractivity (Wildman–Crippen MR) is 112 cm³/mol. The van der Waals surface area contributed by atoms with Crippen LogP contribution in [0, 0.1) is 5.92 Å². The lowest BCUT2D eigenvalue weighted by Crippen LogP contribution is -2.26. The summed E-state index contributed by atoms with van der Waals surface area (Å²) < 4.78 is 0. The lowest BCUT2D eigenvalue weighted by molar-refractivity contribution is 0.395. The number of aromatic hydroxyl groups is 2. The van der Waals surface area contributed by atoms with Crippen molar-refractivity contribution < 1.29 is 10.2 Å². The second-order valence-corrected chi connectivity index (χ2v) is 7.72. The highest BCUT2D eigenvalue weighted by Crippen LogP contribution is 2.39. The average molecular weight is 360 g/mol. The molecule has 0 aromatic heterocycles. The second kappa shape index (κ2) is 7.87. The van der Waals surface area contributed by atoms with Crippen molar-refractivity contribution in [1.29, 1.82) is 0 Å². The zero-order chi connectivity index (χ0) is 19.4. The summed E-state index contributed by atoms with van der Waals surface area (Å²) in [5.74, 6) is 1.18. The van der Waals surface area contributed by atoms with Gasteiger partial charge in [0.1, 0.15) is 11.5 Å². The Morgan fingerprint density at radius 2 is 1.07 bits per heavy atom. The van der Waals surface area contributed by atoms with Gasteiger partial charge in [0, 0.05) is 5.41 Å². The first kappa shape index (κ1) is 19.0. The van der Waals surface area contributed by atoms with Gasteiger partial charge in [-0.25, -0.2) is 0 Å². The molecule has 3 aromatic carbocycles. The van der Waals surface area contributed by atoms with Crippen molar-refractivity contribution in [3.05, 3.63) is 83.9 Å². The monoisotopic (exact) mass is 360 g/mol. The minimum Gasteiger partial charge on any atom is -0.508 e. The zero-order valence-electron chi connectivity index (χ0n) is 16.3. The maximum atomic E-state index is 9.69. The van der Waals surface area contributed by atoms with Crippen LogP contribution in [0.3, 0.4) is 0 Å². The molecule has 140 valence electrons. The van der Waals surface area contributed by atoms with E-state index in [2.05, 4.69) is 45.0 Å². The number of benzene rings is 3. The number of rotatable bonds is 6. The van der Waals surface area contributed by atoms with Crippen LogP contribution in [-0.2, 0) is 5.41 Å². The van der Waals surface area contributed by atoms with Crippen LogP contribution in [0.1, 0.15) is 44.7 Å². The molecule has 3 rings (SSSR count). The highest BCUT2D eigenvalue weighted by molar-refractivity contribution is 5.65. The van der Waals surface area contributed by atoms with Crippen molar-refractivity contribution in [3.8, 4) is 22.6 Å². The van der Waals surface area contributed by atoms with E-state index in [1.165, 1.54) is 11.1 Å². The van der Waals surface area contributed by atoms with E-state index in [-0.39, 0.29) is 11.2 Å². The summed E-state index contributed by atoms with van der Waals surface area (Å²) in [6.45, 7) is 6.82. The largest absolute Gasteiger partial charge is 0.508 e. The molecule has 3 aromatic rings. The van der Waals surface area contributed by atoms with Gasteiger partial charge in [0.25, 0.3) is 0 Å². The third-order valence-electron chi connectivity index (χ3n) is 5.68. The fourth-order valence-electron chi connectivity index (χ4n) is 3.76. The molecule has 2 heteroatoms. The zero-order valence-corrected chi connectivity index (χ0v) is 16.3. The normalized spacial score (nSPS) is 14.5. The van der Waals surface area contributed by atoms with Gasteiger partial charge in [0.05, 0.1) is 0 Å². The molecule has 0 radical (unpaired) electrons. The third-order valence-corrected chi connectivity index (χ3v) is 5.68. The Balaban J connectivity index is 1.99. The molecule has 0 bridgehead atoms. The SMILES string of the molecule is CCC(C)CC(C)(c1ccc(O)cc1)c1ccc(-c2ccc(O)cc2)cc1. The second-order valence-electron chi connectivity index (χ2n) is 7.72. The summed E-state index contributed by atoms with van der Waals surface area (Å²) in [5, 5.41) is 19.2. The van der Waals surface area contributed by atoms with E-state index in [4.69, 9.17) is 0 Å². The molecule has 0 aliphatic rings. The van der Waals surface area contributed by atoms with Gasteiger partial charge < -0.3 is 10.2 Å². The van der Waals surface area contributed by atoms with Crippen molar-refractivity contribution in [3.63, 3.8) is 0 Å². The van der Waals surface area contributed by atoms with Crippen LogP contribution in [0.4, 0.5) is 0 Å². The molecule has 2 unspecified atom stereocenters. The Labute approximate surface area is 162 Å². The fourth-order valence-corrected chi connectivity index (χ4v) is 3.76. The van der Waals surface area contributed by atoms with Gasteiger partial charge in [0.2, 0.25) is 0 Å². The first-order valence-corrected chi connectivity index (χ1v) is 9.62. The minimum atomic E-state index is -0.114. The maximum Gasteiger partial charge on any atom is 0.115 e. The lowest BCUT2D eigenvalue weighted by atomic mass is 9.70. The van der Waals surface area contributed by atoms with Crippen LogP contribution >= 0.6 is 0 Å². The Kier molecular flexibility index (Phi) is 5.55. The van der Waals surface area contributed by atoms with Gasteiger partial charge in [-0.05, 0) is 58.9 Å². The van der Waals surface area contributed by atoms with Gasteiger partial charge in [-0.1, -0.05) is 75.7 Å². The van der Waals surface area contributed by atoms with Gasteiger partial charge in [0.15, 0.2) is 0 Å². The molecule has 27 heavy (non-hydrogen) atoms. The van der Waals surface area contributed by atoms with Crippen LogP contribution in [0.25, 0.3) is 11.1 Å². The van der Waals surface area contributed by atoms with Crippen molar-refractivity contribution in [2.75, 3.05) is 0 Å². The Bertz CT molecular complexity index is 864. The summed E-state index contributed by atoms with van der Waals surface area (Å²) in [4.78, 5) is 0. The summed E-state index contributed by atoms with van der Waals surface area (Å²) in [7, 11) is 0. The van der Waals surface area contributed by atoms with E-state index < -0.39 is 0 Å². The fraction of sp³-hybridized carbons (Fsp3) is 0.280. The molecular formula is C25H28O2. The summed E-state index contributed by atoms with van der Waals surface area (Å²) >= 11 is 0. The molecule has 0 aliphatic carbocycles. The molecule has 2 atom stereocenters. The minimum absolute atomic E-state index is 0.114. The maximum absolute atomic E-state index is 9.69. The average Bonchev–Trinajstić information content (AvgIpc) is 2.69. The topological polar surface area (TPSA) is 40.5 Å². The predicted octanol–water partition coefficient (Wildman–Crippen LogP) is 6.51. The van der Waals surface area contributed by atoms with Gasteiger partial charge >= 0.3 is 0 Å². The molecule has 0 heterocycles. The number of hydrogen-bond acceptors (Lipinski definition) is 2. The molecule has 0 fully saturated rings. The van der Waals surface area contributed by atoms with Crippen LogP contribution in [-0.4, -0.2) is 10.2 Å². The highest BCUT2D eigenvalue weighted by Gasteiger charge is 2.30. The molecule has 0 saturated carbocycles. The summed E-state index contributed by atoms with van der Waals surface area (Å²) in [6, 6.07) is 23.6. The molecule has 2 N–H and O–H groups in total. The first-order chi connectivity index (χ1) is 12.9. The van der Waals surface area contributed by atoms with E-state index in [9.17, 15) is 10.2 Å². The molecule has 2 nitrogen and oxygen atoms in total. The Morgan fingerprint density at radius 1 is 0.704 bits per heavy atom. The Hall–Kier alpha value is -2.74. The van der Waals surface area contributed by atoms with E-state index in [0.717, 1.165) is 24.0 Å². The molecule has 0 spiro atoms. The third kappa shape index (κ3) is 4.16. The van der Waals surface area contributed by atoms with Gasteiger partial charge in [-0.15, -0.1) is 0 Å². The van der Waals surface area contributed by atoms with Crippen molar-refractivity contribution in [2.45, 2.75) is 39.0 Å². The number of phenolic OH excluding ortho intramolecular Hbond substituents is 2. The van der Waals surface area contributed by atoms with Gasteiger partial charge in [-0.2, -0.15) is 0 Å². The van der Waals surface area contributed by atoms with E-state index in [0.29, 0.717) is 11.7 Å². The first-order valence-electron chi connectivity index (χ1n) is 9.62. The van der Waals surface area contributed by atoms with E-state index >= 15 is 0 Å². The van der Waals surface area contributed by atoms with Crippen molar-refractivity contribution >= 4 is 0 Å². The number of hydrogen-bond donors (Lipinski definition) is 2. The highest BCUT2D eigenvalue weighted by atomic mass is 16.3. The molecule has 0 saturated heterocycles. The molecule has 0 aliphatic heterocycles. The van der Waals surface area contributed by atoms with Crippen molar-refractivity contribution in [2.24, 2.45) is 5.92 Å². The standard InChI is InChI=1S/C25H28O2/c1-4-18(2)17-25(3,22-11-15-24(27)16-12-22)21-9-5-19(6-10-21)20-7-13-23(26)14-8-20/h5-16,18,26-27H,4,17H2,1-3H3. The van der Waals surface area contributed by atoms with E-state index in [1.807, 2.05) is 24.3 Å². The lowest BCUT2D eigenvalue weighted by Gasteiger charge is -2.34. The van der Waals surface area contributed by atoms with Crippen molar-refractivity contribution in [1.82, 2.24) is 0 Å². The Morgan fingerprint density at radius 3 is 1.52 bits per heavy atom. The molecular weight excluding hydrogens is 332 g/mol. The van der Waals surface area contributed by atoms with Crippen LogP contribution in [0.5, 0.6) is 11.5 Å².